The van der Waals surface area contributed by atoms with Crippen LogP contribution in [0.4, 0.5) is 9.18 Å². The van der Waals surface area contributed by atoms with Crippen LogP contribution in [0.5, 0.6) is 0 Å². The van der Waals surface area contributed by atoms with Crippen molar-refractivity contribution < 1.29 is 38.1 Å². The summed E-state index contributed by atoms with van der Waals surface area (Å²) in [6, 6.07) is 0. The molecular formula is C26H33FO7S. The van der Waals surface area contributed by atoms with Crippen molar-refractivity contribution in [3.8, 4) is 0 Å². The fourth-order valence-electron chi connectivity index (χ4n) is 7.92. The van der Waals surface area contributed by atoms with Crippen LogP contribution in [-0.4, -0.2) is 58.2 Å². The van der Waals surface area contributed by atoms with Crippen LogP contribution < -0.4 is 0 Å². The zero-order valence-electron chi connectivity index (χ0n) is 20.8. The standard InChI is InChI=1S/C26H33FO7S/c1-14-10-19-18-7-6-16-11-17(29)8-9-23(16,3)25(18,27)20(30)12-24(19,4)26(14,34-15(2)28)21(31)13-35-22(32)33-5/h8-9,11,14,18-20,30H,6-7,10,12-13H2,1-5H3/t14-,18-,19-,20-,23-,24-,25-,26-/m0/s1. The summed E-state index contributed by atoms with van der Waals surface area (Å²) in [7, 11) is 1.22. The normalized spacial score (nSPS) is 44.0. The number of rotatable bonds is 4. The maximum Gasteiger partial charge on any atom is 0.367 e. The van der Waals surface area contributed by atoms with E-state index < -0.39 is 57.1 Å². The zero-order chi connectivity index (χ0) is 26.0. The van der Waals surface area contributed by atoms with Gasteiger partial charge in [-0.3, -0.25) is 14.4 Å². The van der Waals surface area contributed by atoms with E-state index in [1.807, 2.05) is 13.8 Å². The molecule has 8 atom stereocenters. The number of Topliss-reactive ketones (excluding diaryl/α,β-unsaturated/α-hetero) is 1. The average molecular weight is 509 g/mol. The van der Waals surface area contributed by atoms with Gasteiger partial charge < -0.3 is 14.6 Å². The molecular weight excluding hydrogens is 475 g/mol. The van der Waals surface area contributed by atoms with Gasteiger partial charge >= 0.3 is 11.3 Å². The van der Waals surface area contributed by atoms with Crippen LogP contribution in [0, 0.1) is 28.6 Å². The van der Waals surface area contributed by atoms with Crippen LogP contribution in [0.15, 0.2) is 23.8 Å². The molecule has 0 amide bonds. The van der Waals surface area contributed by atoms with Crippen molar-refractivity contribution in [1.82, 2.24) is 0 Å². The average Bonchev–Trinajstić information content (AvgIpc) is 3.00. The van der Waals surface area contributed by atoms with Gasteiger partial charge in [-0.05, 0) is 62.4 Å². The Bertz CT molecular complexity index is 1040. The number of thioether (sulfide) groups is 1. The molecule has 4 aliphatic rings. The molecule has 0 unspecified atom stereocenters. The van der Waals surface area contributed by atoms with E-state index in [0.29, 0.717) is 36.6 Å². The number of methoxy groups -OCH3 is 1. The van der Waals surface area contributed by atoms with Gasteiger partial charge in [0.15, 0.2) is 22.8 Å². The van der Waals surface area contributed by atoms with E-state index in [-0.39, 0.29) is 23.9 Å². The van der Waals surface area contributed by atoms with E-state index in [1.54, 1.807) is 13.0 Å². The van der Waals surface area contributed by atoms with Crippen LogP contribution in [0.3, 0.4) is 0 Å². The summed E-state index contributed by atoms with van der Waals surface area (Å²) >= 11 is 0.687. The van der Waals surface area contributed by atoms with E-state index in [9.17, 15) is 24.3 Å². The van der Waals surface area contributed by atoms with E-state index in [4.69, 9.17) is 4.74 Å². The Morgan fingerprint density at radius 1 is 1.26 bits per heavy atom. The predicted molar refractivity (Wildman–Crippen MR) is 127 cm³/mol. The van der Waals surface area contributed by atoms with Crippen molar-refractivity contribution >= 4 is 34.6 Å². The number of carbonyl (C=O) groups excluding carboxylic acids is 4. The van der Waals surface area contributed by atoms with Crippen molar-refractivity contribution in [2.45, 2.75) is 70.8 Å². The van der Waals surface area contributed by atoms with E-state index in [0.717, 1.165) is 0 Å². The van der Waals surface area contributed by atoms with Crippen molar-refractivity contribution in [2.24, 2.45) is 28.6 Å². The second kappa shape index (κ2) is 8.54. The summed E-state index contributed by atoms with van der Waals surface area (Å²) in [5.41, 5.74) is -5.17. The third-order valence-electron chi connectivity index (χ3n) is 9.39. The highest BCUT2D eigenvalue weighted by molar-refractivity contribution is 8.13. The fourth-order valence-corrected chi connectivity index (χ4v) is 8.50. The summed E-state index contributed by atoms with van der Waals surface area (Å²) in [5, 5.41) is 10.9. The molecule has 0 aromatic rings. The van der Waals surface area contributed by atoms with Crippen LogP contribution in [0.2, 0.25) is 0 Å². The first kappa shape index (κ1) is 26.1. The number of hydrogen-bond donors (Lipinski definition) is 1. The number of allylic oxidation sites excluding steroid dienone is 4. The van der Waals surface area contributed by atoms with Gasteiger partial charge in [0.1, 0.15) is 0 Å². The molecule has 3 fully saturated rings. The summed E-state index contributed by atoms with van der Waals surface area (Å²) in [6.45, 7) is 6.58. The lowest BCUT2D eigenvalue weighted by molar-refractivity contribution is -0.226. The van der Waals surface area contributed by atoms with Gasteiger partial charge in [0.05, 0.1) is 19.0 Å². The SMILES string of the molecule is COC(=O)SCC(=O)[C@@]1(OC(C)=O)[C@@H](C)C[C@H]2[C@@H]3CCC4=CC(=O)C=C[C@]4(C)[C@@]3(F)[C@@H](O)C[C@@]21C. The second-order valence-corrected chi connectivity index (χ2v) is 11.8. The molecule has 7 nitrogen and oxygen atoms in total. The molecule has 192 valence electrons. The van der Waals surface area contributed by atoms with Gasteiger partial charge in [-0.2, -0.15) is 0 Å². The fraction of sp³-hybridized carbons (Fsp3) is 0.692. The van der Waals surface area contributed by atoms with Crippen LogP contribution in [-0.2, 0) is 23.9 Å². The van der Waals surface area contributed by atoms with E-state index in [2.05, 4.69) is 4.74 Å². The molecule has 0 bridgehead atoms. The number of carbonyl (C=O) groups is 4. The lowest BCUT2D eigenvalue weighted by Gasteiger charge is -2.62. The van der Waals surface area contributed by atoms with Crippen molar-refractivity contribution in [3.63, 3.8) is 0 Å². The quantitative estimate of drug-likeness (QED) is 0.569. The first-order chi connectivity index (χ1) is 16.3. The molecule has 4 rings (SSSR count). The maximum absolute atomic E-state index is 17.3. The Morgan fingerprint density at radius 3 is 2.57 bits per heavy atom. The molecule has 1 N–H and O–H groups in total. The number of aliphatic hydroxyl groups is 1. The van der Waals surface area contributed by atoms with E-state index in [1.165, 1.54) is 26.2 Å². The minimum Gasteiger partial charge on any atom is -0.461 e. The number of aliphatic hydroxyl groups excluding tert-OH is 1. The Hall–Kier alpha value is -2.00. The predicted octanol–water partition coefficient (Wildman–Crippen LogP) is 3.97. The van der Waals surface area contributed by atoms with Gasteiger partial charge in [0.25, 0.3) is 0 Å². The van der Waals surface area contributed by atoms with Crippen molar-refractivity contribution in [2.75, 3.05) is 12.9 Å². The first-order valence-electron chi connectivity index (χ1n) is 12.0. The van der Waals surface area contributed by atoms with E-state index >= 15 is 4.39 Å². The van der Waals surface area contributed by atoms with Crippen LogP contribution in [0.1, 0.15) is 53.4 Å². The molecule has 9 heteroatoms. The monoisotopic (exact) mass is 508 g/mol. The van der Waals surface area contributed by atoms with Gasteiger partial charge in [-0.15, -0.1) is 0 Å². The number of halogens is 1. The molecule has 0 radical (unpaired) electrons. The Morgan fingerprint density at radius 2 is 1.94 bits per heavy atom. The summed E-state index contributed by atoms with van der Waals surface area (Å²) in [4.78, 5) is 49.8. The summed E-state index contributed by atoms with van der Waals surface area (Å²) in [5.74, 6) is -2.95. The Labute approximate surface area is 208 Å². The molecule has 0 saturated heterocycles. The molecule has 0 heterocycles. The van der Waals surface area contributed by atoms with Crippen molar-refractivity contribution in [3.05, 3.63) is 23.8 Å². The first-order valence-corrected chi connectivity index (χ1v) is 13.0. The highest BCUT2D eigenvalue weighted by Gasteiger charge is 2.77. The second-order valence-electron chi connectivity index (χ2n) is 10.9. The summed E-state index contributed by atoms with van der Waals surface area (Å²) < 4.78 is 27.8. The molecule has 4 aliphatic carbocycles. The minimum atomic E-state index is -2.05. The number of fused-ring (bicyclic) bond motifs is 5. The molecule has 0 aromatic heterocycles. The molecule has 0 aromatic carbocycles. The number of hydrogen-bond acceptors (Lipinski definition) is 8. The van der Waals surface area contributed by atoms with Crippen LogP contribution in [0.25, 0.3) is 0 Å². The maximum atomic E-state index is 17.3. The third kappa shape index (κ3) is 3.40. The lowest BCUT2D eigenvalue weighted by atomic mass is 9.44. The highest BCUT2D eigenvalue weighted by atomic mass is 32.2. The highest BCUT2D eigenvalue weighted by Crippen LogP contribution is 2.71. The van der Waals surface area contributed by atoms with Gasteiger partial charge in [0.2, 0.25) is 0 Å². The summed E-state index contributed by atoms with van der Waals surface area (Å²) in [6.07, 6.45) is 4.21. The lowest BCUT2D eigenvalue weighted by Crippen LogP contribution is -2.70. The Kier molecular flexibility index (Phi) is 6.36. The van der Waals surface area contributed by atoms with Gasteiger partial charge in [-0.25, -0.2) is 9.18 Å². The number of esters is 1. The number of alkyl halides is 1. The van der Waals surface area contributed by atoms with Gasteiger partial charge in [-0.1, -0.05) is 25.5 Å². The number of ether oxygens (including phenoxy) is 2. The molecule has 3 saturated carbocycles. The topological polar surface area (TPSA) is 107 Å². The molecule has 35 heavy (non-hydrogen) atoms. The molecule has 0 spiro atoms. The molecule has 0 aliphatic heterocycles. The van der Waals surface area contributed by atoms with Crippen LogP contribution >= 0.6 is 11.8 Å². The zero-order valence-corrected chi connectivity index (χ0v) is 21.6. The minimum absolute atomic E-state index is 0.0957. The largest absolute Gasteiger partial charge is 0.461 e. The van der Waals surface area contributed by atoms with Gasteiger partial charge in [0, 0.05) is 29.6 Å². The Balaban J connectivity index is 1.80. The third-order valence-corrected chi connectivity index (χ3v) is 10.2. The van der Waals surface area contributed by atoms with Crippen molar-refractivity contribution in [1.29, 1.82) is 0 Å². The number of ketones is 2. The smallest absolute Gasteiger partial charge is 0.367 e.